The maximum absolute atomic E-state index is 6.09. The molecule has 30 heavy (non-hydrogen) atoms. The van der Waals surface area contributed by atoms with E-state index in [4.69, 9.17) is 24.0 Å². The highest BCUT2D eigenvalue weighted by atomic mass is 16.5. The molecule has 160 valence electrons. The van der Waals surface area contributed by atoms with Crippen LogP contribution in [0, 0.1) is 0 Å². The van der Waals surface area contributed by atoms with Gasteiger partial charge in [-0.3, -0.25) is 0 Å². The molecule has 2 atom stereocenters. The molecule has 1 aromatic carbocycles. The van der Waals surface area contributed by atoms with Gasteiger partial charge in [-0.05, 0) is 44.4 Å². The summed E-state index contributed by atoms with van der Waals surface area (Å²) in [6, 6.07) is 6.06. The number of hydrogen-bond donors (Lipinski definition) is 0. The van der Waals surface area contributed by atoms with Crippen molar-refractivity contribution in [2.24, 2.45) is 0 Å². The van der Waals surface area contributed by atoms with Crippen LogP contribution < -0.4 is 4.74 Å². The molecule has 4 bridgehead atoms. The average molecular weight is 413 g/mol. The van der Waals surface area contributed by atoms with E-state index in [2.05, 4.69) is 10.2 Å². The third-order valence-electron chi connectivity index (χ3n) is 5.38. The first-order chi connectivity index (χ1) is 14.8. The van der Waals surface area contributed by atoms with Gasteiger partial charge >= 0.3 is 0 Å². The normalized spacial score (nSPS) is 23.5. The van der Waals surface area contributed by atoms with Crippen LogP contribution in [0.25, 0.3) is 22.3 Å². The van der Waals surface area contributed by atoms with Crippen LogP contribution in [0.15, 0.2) is 24.4 Å². The lowest BCUT2D eigenvalue weighted by molar-refractivity contribution is -0.0365. The summed E-state index contributed by atoms with van der Waals surface area (Å²) in [7, 11) is 0. The summed E-state index contributed by atoms with van der Waals surface area (Å²) in [6.45, 7) is 5.43. The Morgan fingerprint density at radius 1 is 1.03 bits per heavy atom. The number of rotatable bonds is 1. The van der Waals surface area contributed by atoms with Gasteiger partial charge in [0.15, 0.2) is 6.23 Å². The summed E-state index contributed by atoms with van der Waals surface area (Å²) >= 11 is 0. The molecule has 2 aliphatic heterocycles. The Balaban J connectivity index is 1.57. The summed E-state index contributed by atoms with van der Waals surface area (Å²) in [5.41, 5.74) is 2.52. The van der Waals surface area contributed by atoms with Crippen molar-refractivity contribution < 1.29 is 18.9 Å². The second-order valence-electron chi connectivity index (χ2n) is 7.73. The van der Waals surface area contributed by atoms with Crippen molar-refractivity contribution in [1.29, 1.82) is 0 Å². The first kappa shape index (κ1) is 19.5. The average Bonchev–Trinajstić information content (AvgIpc) is 3.37. The van der Waals surface area contributed by atoms with Gasteiger partial charge in [-0.15, -0.1) is 0 Å². The van der Waals surface area contributed by atoms with Crippen LogP contribution in [0.2, 0.25) is 0 Å². The largest absolute Gasteiger partial charge is 0.488 e. The Morgan fingerprint density at radius 3 is 2.87 bits per heavy atom. The highest BCUT2D eigenvalue weighted by Crippen LogP contribution is 2.34. The van der Waals surface area contributed by atoms with Gasteiger partial charge in [-0.25, -0.2) is 4.68 Å². The van der Waals surface area contributed by atoms with Crippen molar-refractivity contribution in [3.8, 4) is 17.1 Å². The molecule has 0 aliphatic carbocycles. The van der Waals surface area contributed by atoms with E-state index >= 15 is 0 Å². The molecule has 9 heteroatoms. The SMILES string of the molecule is C[C@H]1COCCOCCn2ncc(n2)-c2nn(C3CCCCO3)c3ccc(cc23)O1. The lowest BCUT2D eigenvalue weighted by atomic mass is 10.1. The fraction of sp³-hybridized carbons (Fsp3) is 0.571. The summed E-state index contributed by atoms with van der Waals surface area (Å²) in [5.74, 6) is 0.777. The molecular weight excluding hydrogens is 386 g/mol. The predicted octanol–water partition coefficient (Wildman–Crippen LogP) is 2.81. The van der Waals surface area contributed by atoms with E-state index in [9.17, 15) is 0 Å². The molecule has 9 nitrogen and oxygen atoms in total. The van der Waals surface area contributed by atoms with Crippen molar-refractivity contribution in [1.82, 2.24) is 24.8 Å². The molecule has 2 aliphatic rings. The molecule has 2 aromatic heterocycles. The lowest BCUT2D eigenvalue weighted by Gasteiger charge is -2.23. The topological polar surface area (TPSA) is 85.5 Å². The van der Waals surface area contributed by atoms with E-state index in [1.165, 1.54) is 0 Å². The molecule has 0 saturated carbocycles. The van der Waals surface area contributed by atoms with Gasteiger partial charge in [-0.1, -0.05) is 0 Å². The Kier molecular flexibility index (Phi) is 5.65. The zero-order valence-corrected chi connectivity index (χ0v) is 17.2. The molecule has 0 spiro atoms. The van der Waals surface area contributed by atoms with Gasteiger partial charge in [0, 0.05) is 12.0 Å². The second kappa shape index (κ2) is 8.71. The summed E-state index contributed by atoms with van der Waals surface area (Å²) in [5, 5.41) is 14.9. The highest BCUT2D eigenvalue weighted by Gasteiger charge is 2.23. The van der Waals surface area contributed by atoms with Crippen LogP contribution in [0.1, 0.15) is 32.4 Å². The fourth-order valence-electron chi connectivity index (χ4n) is 3.91. The first-order valence-corrected chi connectivity index (χ1v) is 10.6. The summed E-state index contributed by atoms with van der Waals surface area (Å²) in [4.78, 5) is 1.65. The number of benzene rings is 1. The molecule has 1 fully saturated rings. The number of nitrogens with zero attached hydrogens (tertiary/aromatic N) is 5. The van der Waals surface area contributed by atoms with Gasteiger partial charge in [0.25, 0.3) is 0 Å². The van der Waals surface area contributed by atoms with Gasteiger partial charge in [0.1, 0.15) is 23.2 Å². The molecule has 3 aromatic rings. The Bertz CT molecular complexity index is 995. The molecule has 0 radical (unpaired) electrons. The maximum Gasteiger partial charge on any atom is 0.150 e. The van der Waals surface area contributed by atoms with Crippen molar-refractivity contribution in [2.75, 3.05) is 33.0 Å². The zero-order valence-electron chi connectivity index (χ0n) is 17.2. The Hall–Kier alpha value is -2.49. The Morgan fingerprint density at radius 2 is 1.97 bits per heavy atom. The highest BCUT2D eigenvalue weighted by molar-refractivity contribution is 5.93. The molecular formula is C21H27N5O4. The second-order valence-corrected chi connectivity index (χ2v) is 7.73. The number of hydrogen-bond acceptors (Lipinski definition) is 7. The van der Waals surface area contributed by atoms with Crippen LogP contribution in [0.3, 0.4) is 0 Å². The van der Waals surface area contributed by atoms with Crippen LogP contribution in [-0.2, 0) is 20.8 Å². The monoisotopic (exact) mass is 413 g/mol. The minimum Gasteiger partial charge on any atom is -0.488 e. The van der Waals surface area contributed by atoms with E-state index < -0.39 is 0 Å². The number of ether oxygens (including phenoxy) is 4. The molecule has 4 heterocycles. The third kappa shape index (κ3) is 4.05. The van der Waals surface area contributed by atoms with Gasteiger partial charge in [0.2, 0.25) is 0 Å². The van der Waals surface area contributed by atoms with Crippen molar-refractivity contribution in [3.63, 3.8) is 0 Å². The fourth-order valence-corrected chi connectivity index (χ4v) is 3.91. The number of aromatic nitrogens is 5. The first-order valence-electron chi connectivity index (χ1n) is 10.6. The summed E-state index contributed by atoms with van der Waals surface area (Å²) in [6.07, 6.45) is 4.80. The molecule has 0 N–H and O–H groups in total. The van der Waals surface area contributed by atoms with Gasteiger partial charge < -0.3 is 18.9 Å². The Labute approximate surface area is 174 Å². The van der Waals surface area contributed by atoms with Crippen LogP contribution in [-0.4, -0.2) is 63.9 Å². The predicted molar refractivity (Wildman–Crippen MR) is 109 cm³/mol. The smallest absolute Gasteiger partial charge is 0.150 e. The molecule has 5 rings (SSSR count). The standard InChI is InChI=1S/C21H27N5O4/c1-15-14-28-11-10-27-9-7-25-22-13-18(23-25)21-17-12-16(30-15)5-6-19(17)26(24-21)20-4-2-3-8-29-20/h5-6,12-13,15,20H,2-4,7-11,14H2,1H3/t15-,20?/m0/s1. The van der Waals surface area contributed by atoms with Crippen LogP contribution in [0.4, 0.5) is 0 Å². The zero-order chi connectivity index (χ0) is 20.3. The van der Waals surface area contributed by atoms with Crippen LogP contribution in [0.5, 0.6) is 5.75 Å². The maximum atomic E-state index is 6.09. The van der Waals surface area contributed by atoms with E-state index in [-0.39, 0.29) is 12.3 Å². The molecule has 0 amide bonds. The minimum absolute atomic E-state index is 0.0633. The summed E-state index contributed by atoms with van der Waals surface area (Å²) < 4.78 is 25.4. The molecule has 1 saturated heterocycles. The van der Waals surface area contributed by atoms with E-state index in [0.717, 1.165) is 53.9 Å². The van der Waals surface area contributed by atoms with E-state index in [0.29, 0.717) is 33.0 Å². The van der Waals surface area contributed by atoms with Gasteiger partial charge in [0.05, 0.1) is 44.7 Å². The van der Waals surface area contributed by atoms with Crippen molar-refractivity contribution in [3.05, 3.63) is 24.4 Å². The van der Waals surface area contributed by atoms with Gasteiger partial charge in [-0.2, -0.15) is 20.1 Å². The quantitative estimate of drug-likeness (QED) is 0.606. The molecule has 1 unspecified atom stereocenters. The lowest BCUT2D eigenvalue weighted by Crippen LogP contribution is -2.21. The van der Waals surface area contributed by atoms with Crippen LogP contribution >= 0.6 is 0 Å². The number of fused-ring (bicyclic) bond motifs is 4. The minimum atomic E-state index is -0.0728. The van der Waals surface area contributed by atoms with E-state index in [1.54, 1.807) is 11.0 Å². The third-order valence-corrected chi connectivity index (χ3v) is 5.38. The van der Waals surface area contributed by atoms with Crippen molar-refractivity contribution in [2.45, 2.75) is 45.1 Å². The van der Waals surface area contributed by atoms with Crippen molar-refractivity contribution >= 4 is 10.9 Å². The van der Waals surface area contributed by atoms with E-state index in [1.807, 2.05) is 29.8 Å².